The van der Waals surface area contributed by atoms with Crippen LogP contribution in [0.5, 0.6) is 0 Å². The van der Waals surface area contributed by atoms with Gasteiger partial charge >= 0.3 is 0 Å². The lowest BCUT2D eigenvalue weighted by atomic mass is 10.1. The molecular formula is C16H33NO. The molecule has 108 valence electrons. The van der Waals surface area contributed by atoms with Gasteiger partial charge in [-0.05, 0) is 20.3 Å². The van der Waals surface area contributed by atoms with Gasteiger partial charge in [0.25, 0.3) is 0 Å². The largest absolute Gasteiger partial charge is 0.354 e. The quantitative estimate of drug-likeness (QED) is 0.498. The summed E-state index contributed by atoms with van der Waals surface area (Å²) in [4.78, 5) is 11.4. The molecule has 0 atom stereocenters. The van der Waals surface area contributed by atoms with Crippen LogP contribution in [0.15, 0.2) is 0 Å². The number of carbonyl (C=O) groups is 1. The first kappa shape index (κ1) is 17.5. The summed E-state index contributed by atoms with van der Waals surface area (Å²) in [5.41, 5.74) is 0. The molecule has 0 heterocycles. The lowest BCUT2D eigenvalue weighted by molar-refractivity contribution is -0.121. The van der Waals surface area contributed by atoms with Crippen LogP contribution in [0, 0.1) is 0 Å². The van der Waals surface area contributed by atoms with Gasteiger partial charge in [0.2, 0.25) is 5.91 Å². The van der Waals surface area contributed by atoms with Crippen molar-refractivity contribution in [3.8, 4) is 0 Å². The van der Waals surface area contributed by atoms with Gasteiger partial charge in [0, 0.05) is 12.5 Å². The van der Waals surface area contributed by atoms with E-state index in [1.807, 2.05) is 13.8 Å². The number of hydrogen-bond donors (Lipinski definition) is 1. The van der Waals surface area contributed by atoms with Gasteiger partial charge in [-0.2, -0.15) is 0 Å². The minimum absolute atomic E-state index is 0.213. The molecule has 2 heteroatoms. The Hall–Kier alpha value is -0.530. The number of amides is 1. The zero-order chi connectivity index (χ0) is 13.6. The van der Waals surface area contributed by atoms with Gasteiger partial charge < -0.3 is 5.32 Å². The summed E-state index contributed by atoms with van der Waals surface area (Å²) in [5, 5.41) is 2.93. The second-order valence-electron chi connectivity index (χ2n) is 5.65. The summed E-state index contributed by atoms with van der Waals surface area (Å²) >= 11 is 0. The Morgan fingerprint density at radius 2 is 1.28 bits per heavy atom. The molecule has 18 heavy (non-hydrogen) atoms. The van der Waals surface area contributed by atoms with E-state index >= 15 is 0 Å². The molecule has 0 spiro atoms. The van der Waals surface area contributed by atoms with Gasteiger partial charge in [-0.3, -0.25) is 4.79 Å². The van der Waals surface area contributed by atoms with E-state index in [1.165, 1.54) is 57.8 Å². The summed E-state index contributed by atoms with van der Waals surface area (Å²) < 4.78 is 0. The maximum absolute atomic E-state index is 11.4. The molecule has 0 rings (SSSR count). The van der Waals surface area contributed by atoms with Crippen molar-refractivity contribution in [3.05, 3.63) is 0 Å². The van der Waals surface area contributed by atoms with Crippen LogP contribution in [0.1, 0.15) is 91.4 Å². The van der Waals surface area contributed by atoms with E-state index in [-0.39, 0.29) is 11.9 Å². The monoisotopic (exact) mass is 255 g/mol. The molecule has 0 saturated carbocycles. The van der Waals surface area contributed by atoms with Gasteiger partial charge in [0.15, 0.2) is 0 Å². The number of unbranched alkanes of at least 4 members (excludes halogenated alkanes) is 9. The topological polar surface area (TPSA) is 29.1 Å². The lowest BCUT2D eigenvalue weighted by Gasteiger charge is -2.07. The fourth-order valence-corrected chi connectivity index (χ4v) is 2.17. The van der Waals surface area contributed by atoms with Crippen molar-refractivity contribution in [1.82, 2.24) is 5.32 Å². The second-order valence-corrected chi connectivity index (χ2v) is 5.65. The van der Waals surface area contributed by atoms with Crippen LogP contribution >= 0.6 is 0 Å². The summed E-state index contributed by atoms with van der Waals surface area (Å²) in [6.07, 6.45) is 13.9. The second kappa shape index (κ2) is 12.9. The normalized spacial score (nSPS) is 10.9. The van der Waals surface area contributed by atoms with Crippen molar-refractivity contribution in [2.75, 3.05) is 0 Å². The Morgan fingerprint density at radius 1 is 0.833 bits per heavy atom. The Morgan fingerprint density at radius 3 is 1.72 bits per heavy atom. The molecule has 0 unspecified atom stereocenters. The molecule has 1 amide bonds. The van der Waals surface area contributed by atoms with Gasteiger partial charge in [0.05, 0.1) is 0 Å². The highest BCUT2D eigenvalue weighted by atomic mass is 16.1. The summed E-state index contributed by atoms with van der Waals surface area (Å²) in [6.45, 7) is 6.28. The number of carbonyl (C=O) groups excluding carboxylic acids is 1. The molecule has 0 aromatic carbocycles. The van der Waals surface area contributed by atoms with Crippen molar-refractivity contribution in [2.24, 2.45) is 0 Å². The minimum atomic E-state index is 0.213. The summed E-state index contributed by atoms with van der Waals surface area (Å²) in [5.74, 6) is 0.213. The van der Waals surface area contributed by atoms with E-state index in [4.69, 9.17) is 0 Å². The maximum atomic E-state index is 11.4. The van der Waals surface area contributed by atoms with Crippen LogP contribution < -0.4 is 5.32 Å². The van der Waals surface area contributed by atoms with Crippen LogP contribution in [0.25, 0.3) is 0 Å². The first-order valence-electron chi connectivity index (χ1n) is 7.96. The van der Waals surface area contributed by atoms with E-state index in [0.29, 0.717) is 6.42 Å². The Bertz CT molecular complexity index is 190. The molecule has 1 N–H and O–H groups in total. The number of rotatable bonds is 12. The molecule has 0 aliphatic heterocycles. The molecule has 0 aromatic heterocycles. The third-order valence-electron chi connectivity index (χ3n) is 3.21. The molecule has 0 aromatic rings. The predicted molar refractivity (Wildman–Crippen MR) is 79.7 cm³/mol. The minimum Gasteiger partial charge on any atom is -0.354 e. The van der Waals surface area contributed by atoms with E-state index in [2.05, 4.69) is 12.2 Å². The van der Waals surface area contributed by atoms with Crippen LogP contribution in [-0.4, -0.2) is 11.9 Å². The molecule has 0 saturated heterocycles. The number of hydrogen-bond acceptors (Lipinski definition) is 1. The van der Waals surface area contributed by atoms with E-state index < -0.39 is 0 Å². The maximum Gasteiger partial charge on any atom is 0.220 e. The summed E-state index contributed by atoms with van der Waals surface area (Å²) in [6, 6.07) is 0.278. The molecule has 0 aliphatic carbocycles. The van der Waals surface area contributed by atoms with Gasteiger partial charge in [-0.15, -0.1) is 0 Å². The average molecular weight is 255 g/mol. The standard InChI is InChI=1S/C16H33NO/c1-4-5-6-7-8-9-10-11-12-13-14-16(18)17-15(2)3/h15H,4-14H2,1-3H3,(H,17,18). The van der Waals surface area contributed by atoms with Crippen molar-refractivity contribution in [2.45, 2.75) is 97.4 Å². The fraction of sp³-hybridized carbons (Fsp3) is 0.938. The Kier molecular flexibility index (Phi) is 12.5. The van der Waals surface area contributed by atoms with Crippen molar-refractivity contribution in [1.29, 1.82) is 0 Å². The molecule has 2 nitrogen and oxygen atoms in total. The van der Waals surface area contributed by atoms with Crippen LogP contribution in [0.2, 0.25) is 0 Å². The highest BCUT2D eigenvalue weighted by molar-refractivity contribution is 5.76. The molecule has 0 aliphatic rings. The zero-order valence-electron chi connectivity index (χ0n) is 12.8. The third-order valence-corrected chi connectivity index (χ3v) is 3.21. The predicted octanol–water partition coefficient (Wildman–Crippen LogP) is 4.82. The van der Waals surface area contributed by atoms with Crippen LogP contribution in [0.4, 0.5) is 0 Å². The molecule has 0 bridgehead atoms. The molecular weight excluding hydrogens is 222 g/mol. The third kappa shape index (κ3) is 13.5. The van der Waals surface area contributed by atoms with Gasteiger partial charge in [-0.25, -0.2) is 0 Å². The van der Waals surface area contributed by atoms with Crippen LogP contribution in [-0.2, 0) is 4.79 Å². The molecule has 0 radical (unpaired) electrons. The van der Waals surface area contributed by atoms with Crippen molar-refractivity contribution >= 4 is 5.91 Å². The SMILES string of the molecule is CCCCCCCCCCCCC(=O)NC(C)C. The van der Waals surface area contributed by atoms with Crippen molar-refractivity contribution < 1.29 is 4.79 Å². The number of nitrogens with one attached hydrogen (secondary N) is 1. The Labute approximate surface area is 114 Å². The summed E-state index contributed by atoms with van der Waals surface area (Å²) in [7, 11) is 0. The van der Waals surface area contributed by atoms with Crippen LogP contribution in [0.3, 0.4) is 0 Å². The van der Waals surface area contributed by atoms with E-state index in [1.54, 1.807) is 0 Å². The van der Waals surface area contributed by atoms with Gasteiger partial charge in [0.1, 0.15) is 0 Å². The van der Waals surface area contributed by atoms with E-state index in [9.17, 15) is 4.79 Å². The Balaban J connectivity index is 3.09. The first-order valence-corrected chi connectivity index (χ1v) is 7.96. The zero-order valence-corrected chi connectivity index (χ0v) is 12.8. The molecule has 0 fully saturated rings. The van der Waals surface area contributed by atoms with Gasteiger partial charge in [-0.1, -0.05) is 64.7 Å². The lowest BCUT2D eigenvalue weighted by Crippen LogP contribution is -2.29. The highest BCUT2D eigenvalue weighted by Gasteiger charge is 2.02. The smallest absolute Gasteiger partial charge is 0.220 e. The average Bonchev–Trinajstić information content (AvgIpc) is 2.30. The van der Waals surface area contributed by atoms with Crippen molar-refractivity contribution in [3.63, 3.8) is 0 Å². The highest BCUT2D eigenvalue weighted by Crippen LogP contribution is 2.11. The fourth-order valence-electron chi connectivity index (χ4n) is 2.17. The van der Waals surface area contributed by atoms with E-state index in [0.717, 1.165) is 6.42 Å². The first-order chi connectivity index (χ1) is 8.66.